The zero-order valence-electron chi connectivity index (χ0n) is 13.9. The van der Waals surface area contributed by atoms with Crippen LogP contribution in [0.3, 0.4) is 0 Å². The molecular formula is C17H22N4O2S. The molecule has 2 N–H and O–H groups in total. The quantitative estimate of drug-likeness (QED) is 0.770. The number of nitrogens with zero attached hydrogens (tertiary/aromatic N) is 2. The average Bonchev–Trinajstić information content (AvgIpc) is 3.03. The van der Waals surface area contributed by atoms with E-state index in [1.807, 2.05) is 30.3 Å². The maximum absolute atomic E-state index is 11.9. The second-order valence-corrected chi connectivity index (χ2v) is 6.46. The van der Waals surface area contributed by atoms with Gasteiger partial charge in [-0.15, -0.1) is 10.2 Å². The molecule has 24 heavy (non-hydrogen) atoms. The summed E-state index contributed by atoms with van der Waals surface area (Å²) in [7, 11) is 0. The molecule has 2 amide bonds. The van der Waals surface area contributed by atoms with Gasteiger partial charge in [-0.05, 0) is 18.4 Å². The van der Waals surface area contributed by atoms with E-state index in [2.05, 4.69) is 34.7 Å². The second-order valence-electron chi connectivity index (χ2n) is 5.45. The first-order chi connectivity index (χ1) is 11.6. The lowest BCUT2D eigenvalue weighted by Gasteiger charge is -2.06. The van der Waals surface area contributed by atoms with Gasteiger partial charge < -0.3 is 5.32 Å². The largest absolute Gasteiger partial charge is 0.347 e. The van der Waals surface area contributed by atoms with Crippen molar-refractivity contribution in [2.45, 2.75) is 39.0 Å². The molecule has 7 heteroatoms. The van der Waals surface area contributed by atoms with E-state index in [1.54, 1.807) is 0 Å². The molecule has 0 saturated carbocycles. The zero-order valence-corrected chi connectivity index (χ0v) is 14.7. The fraction of sp³-hybridized carbons (Fsp3) is 0.412. The zero-order chi connectivity index (χ0) is 17.4. The first kappa shape index (κ1) is 18.1. The van der Waals surface area contributed by atoms with Gasteiger partial charge in [0.05, 0.1) is 13.0 Å². The van der Waals surface area contributed by atoms with Crippen molar-refractivity contribution in [2.75, 3.05) is 11.9 Å². The molecule has 0 spiro atoms. The van der Waals surface area contributed by atoms with E-state index in [9.17, 15) is 9.59 Å². The average molecular weight is 346 g/mol. The maximum atomic E-state index is 11.9. The molecule has 128 valence electrons. The summed E-state index contributed by atoms with van der Waals surface area (Å²) in [6.07, 6.45) is 2.25. The van der Waals surface area contributed by atoms with Gasteiger partial charge in [-0.25, -0.2) is 0 Å². The van der Waals surface area contributed by atoms with Gasteiger partial charge in [0.2, 0.25) is 16.9 Å². The van der Waals surface area contributed by atoms with E-state index in [1.165, 1.54) is 11.3 Å². The van der Waals surface area contributed by atoms with E-state index in [4.69, 9.17) is 0 Å². The Hall–Kier alpha value is -2.28. The van der Waals surface area contributed by atoms with Crippen molar-refractivity contribution >= 4 is 28.3 Å². The molecule has 2 rings (SSSR count). The minimum absolute atomic E-state index is 0.0778. The van der Waals surface area contributed by atoms with Gasteiger partial charge in [-0.1, -0.05) is 55.5 Å². The Morgan fingerprint density at radius 1 is 1.08 bits per heavy atom. The molecule has 0 aliphatic carbocycles. The van der Waals surface area contributed by atoms with Crippen molar-refractivity contribution in [3.8, 4) is 0 Å². The van der Waals surface area contributed by atoms with Crippen LogP contribution >= 0.6 is 11.3 Å². The summed E-state index contributed by atoms with van der Waals surface area (Å²) in [4.78, 5) is 23.7. The Balaban J connectivity index is 1.78. The van der Waals surface area contributed by atoms with E-state index in [0.717, 1.165) is 23.4 Å². The number of benzene rings is 1. The molecule has 0 atom stereocenters. The van der Waals surface area contributed by atoms with Crippen molar-refractivity contribution in [3.05, 3.63) is 40.9 Å². The number of amides is 2. The standard InChI is InChI=1S/C17H22N4O2S/c1-3-13(4-2)16-20-21-17(24-16)19-15(23)11-18-14(22)10-12-8-6-5-7-9-12/h5-9,13H,3-4,10-11H2,1-2H3,(H,18,22)(H,19,21,23). The lowest BCUT2D eigenvalue weighted by atomic mass is 10.1. The van der Waals surface area contributed by atoms with Crippen LogP contribution in [0.5, 0.6) is 0 Å². The number of nitrogens with one attached hydrogen (secondary N) is 2. The molecule has 0 radical (unpaired) electrons. The number of hydrogen-bond acceptors (Lipinski definition) is 5. The minimum Gasteiger partial charge on any atom is -0.347 e. The predicted molar refractivity (Wildman–Crippen MR) is 95.0 cm³/mol. The highest BCUT2D eigenvalue weighted by molar-refractivity contribution is 7.15. The van der Waals surface area contributed by atoms with Crippen molar-refractivity contribution in [2.24, 2.45) is 0 Å². The van der Waals surface area contributed by atoms with E-state index in [-0.39, 0.29) is 24.8 Å². The fourth-order valence-electron chi connectivity index (χ4n) is 2.27. The highest BCUT2D eigenvalue weighted by atomic mass is 32.1. The van der Waals surface area contributed by atoms with E-state index >= 15 is 0 Å². The molecule has 0 fully saturated rings. The van der Waals surface area contributed by atoms with Crippen LogP contribution < -0.4 is 10.6 Å². The van der Waals surface area contributed by atoms with Crippen molar-refractivity contribution < 1.29 is 9.59 Å². The summed E-state index contributed by atoms with van der Waals surface area (Å²) in [6, 6.07) is 9.40. The first-order valence-corrected chi connectivity index (χ1v) is 8.87. The van der Waals surface area contributed by atoms with E-state index in [0.29, 0.717) is 11.0 Å². The first-order valence-electron chi connectivity index (χ1n) is 8.06. The summed E-state index contributed by atoms with van der Waals surface area (Å²) >= 11 is 1.39. The Morgan fingerprint density at radius 2 is 1.79 bits per heavy atom. The molecule has 0 saturated heterocycles. The molecule has 2 aromatic rings. The summed E-state index contributed by atoms with van der Waals surface area (Å²) in [6.45, 7) is 4.14. The van der Waals surface area contributed by atoms with E-state index < -0.39 is 0 Å². The van der Waals surface area contributed by atoms with Crippen molar-refractivity contribution in [1.29, 1.82) is 0 Å². The summed E-state index contributed by atoms with van der Waals surface area (Å²) in [5.74, 6) is -0.117. The Kier molecular flexibility index (Phi) is 6.87. The Bertz CT molecular complexity index is 668. The highest BCUT2D eigenvalue weighted by Crippen LogP contribution is 2.27. The Morgan fingerprint density at radius 3 is 2.46 bits per heavy atom. The molecule has 1 heterocycles. The summed E-state index contributed by atoms with van der Waals surface area (Å²) in [5, 5.41) is 14.8. The molecule has 0 unspecified atom stereocenters. The number of hydrogen-bond donors (Lipinski definition) is 2. The minimum atomic E-state index is -0.302. The molecule has 0 bridgehead atoms. The van der Waals surface area contributed by atoms with Crippen LogP contribution in [-0.4, -0.2) is 28.6 Å². The summed E-state index contributed by atoms with van der Waals surface area (Å²) < 4.78 is 0. The normalized spacial score (nSPS) is 10.6. The molecule has 0 aliphatic heterocycles. The molecular weight excluding hydrogens is 324 g/mol. The van der Waals surface area contributed by atoms with Crippen LogP contribution in [0.1, 0.15) is 43.2 Å². The topological polar surface area (TPSA) is 84.0 Å². The SMILES string of the molecule is CCC(CC)c1nnc(NC(=O)CNC(=O)Cc2ccccc2)s1. The number of aromatic nitrogens is 2. The van der Waals surface area contributed by atoms with Crippen LogP contribution in [0.15, 0.2) is 30.3 Å². The van der Waals surface area contributed by atoms with Gasteiger partial charge in [0.25, 0.3) is 0 Å². The van der Waals surface area contributed by atoms with Gasteiger partial charge in [-0.3, -0.25) is 14.9 Å². The maximum Gasteiger partial charge on any atom is 0.245 e. The van der Waals surface area contributed by atoms with Crippen LogP contribution in [0.2, 0.25) is 0 Å². The third-order valence-electron chi connectivity index (χ3n) is 3.68. The van der Waals surface area contributed by atoms with Crippen molar-refractivity contribution in [3.63, 3.8) is 0 Å². The van der Waals surface area contributed by atoms with Crippen LogP contribution in [-0.2, 0) is 16.0 Å². The third kappa shape index (κ3) is 5.42. The smallest absolute Gasteiger partial charge is 0.245 e. The molecule has 0 aliphatic rings. The fourth-order valence-corrected chi connectivity index (χ4v) is 3.30. The van der Waals surface area contributed by atoms with Crippen molar-refractivity contribution in [1.82, 2.24) is 15.5 Å². The number of rotatable bonds is 8. The van der Waals surface area contributed by atoms with Crippen LogP contribution in [0.4, 0.5) is 5.13 Å². The number of anilines is 1. The monoisotopic (exact) mass is 346 g/mol. The number of carbonyl (C=O) groups excluding carboxylic acids is 2. The van der Waals surface area contributed by atoms with Gasteiger partial charge in [0.1, 0.15) is 5.01 Å². The lowest BCUT2D eigenvalue weighted by Crippen LogP contribution is -2.33. The van der Waals surface area contributed by atoms with Gasteiger partial charge in [-0.2, -0.15) is 0 Å². The molecule has 6 nitrogen and oxygen atoms in total. The van der Waals surface area contributed by atoms with Crippen LogP contribution in [0, 0.1) is 0 Å². The molecule has 1 aromatic heterocycles. The third-order valence-corrected chi connectivity index (χ3v) is 4.68. The van der Waals surface area contributed by atoms with Gasteiger partial charge >= 0.3 is 0 Å². The Labute approximate surface area is 145 Å². The van der Waals surface area contributed by atoms with Gasteiger partial charge in [0.15, 0.2) is 0 Å². The van der Waals surface area contributed by atoms with Crippen LogP contribution in [0.25, 0.3) is 0 Å². The summed E-state index contributed by atoms with van der Waals surface area (Å²) in [5.41, 5.74) is 0.911. The number of carbonyl (C=O) groups is 2. The molecule has 1 aromatic carbocycles. The highest BCUT2D eigenvalue weighted by Gasteiger charge is 2.14. The predicted octanol–water partition coefficient (Wildman–Crippen LogP) is 2.74. The second kappa shape index (κ2) is 9.12. The van der Waals surface area contributed by atoms with Gasteiger partial charge in [0, 0.05) is 5.92 Å². The lowest BCUT2D eigenvalue weighted by molar-refractivity contribution is -0.123.